The minimum atomic E-state index is 0.0441. The van der Waals surface area contributed by atoms with Crippen molar-refractivity contribution < 1.29 is 13.9 Å². The van der Waals surface area contributed by atoms with Crippen LogP contribution in [0.25, 0.3) is 0 Å². The number of carbonyl (C=O) groups excluding carboxylic acids is 1. The van der Waals surface area contributed by atoms with Crippen LogP contribution in [-0.2, 0) is 6.42 Å². The van der Waals surface area contributed by atoms with Crippen molar-refractivity contribution in [2.24, 2.45) is 0 Å². The average Bonchev–Trinajstić information content (AvgIpc) is 2.40. The smallest absolute Gasteiger partial charge is 0.253 e. The number of hydrogen-bond donors (Lipinski definition) is 0. The highest BCUT2D eigenvalue weighted by Crippen LogP contribution is 2.23. The summed E-state index contributed by atoms with van der Waals surface area (Å²) in [6.07, 6.45) is 1.36. The maximum absolute atomic E-state index is 12.2. The summed E-state index contributed by atoms with van der Waals surface area (Å²) < 4.78 is 17.6. The molecule has 1 aliphatic heterocycles. The van der Waals surface area contributed by atoms with Crippen molar-refractivity contribution in [3.8, 4) is 5.75 Å². The minimum absolute atomic E-state index is 0.0441. The van der Waals surface area contributed by atoms with Gasteiger partial charge in [0.1, 0.15) is 12.4 Å². The Morgan fingerprint density at radius 3 is 3.06 bits per heavy atom. The van der Waals surface area contributed by atoms with Crippen LogP contribution >= 0.6 is 0 Å². The molecule has 1 aromatic rings. The Labute approximate surface area is 106 Å². The summed E-state index contributed by atoms with van der Waals surface area (Å²) in [7, 11) is 1.80. The van der Waals surface area contributed by atoms with Crippen molar-refractivity contribution in [2.75, 3.05) is 20.2 Å². The van der Waals surface area contributed by atoms with E-state index in [1.165, 1.54) is 0 Å². The first-order chi connectivity index (χ1) is 8.61. The van der Waals surface area contributed by atoms with E-state index in [0.717, 1.165) is 24.1 Å². The van der Waals surface area contributed by atoms with E-state index >= 15 is 0 Å². The van der Waals surface area contributed by atoms with Gasteiger partial charge < -0.3 is 9.64 Å². The van der Waals surface area contributed by atoms with Gasteiger partial charge >= 0.3 is 0 Å². The first-order valence-electron chi connectivity index (χ1n) is 5.89. The van der Waals surface area contributed by atoms with Crippen LogP contribution in [0.4, 0.5) is 4.39 Å². The van der Waals surface area contributed by atoms with Gasteiger partial charge in [0, 0.05) is 19.2 Å². The topological polar surface area (TPSA) is 29.5 Å². The van der Waals surface area contributed by atoms with Crippen molar-refractivity contribution in [3.63, 3.8) is 0 Å². The third-order valence-electron chi connectivity index (χ3n) is 3.02. The van der Waals surface area contributed by atoms with E-state index in [4.69, 9.17) is 4.74 Å². The Bertz CT molecular complexity index is 497. The van der Waals surface area contributed by atoms with Crippen molar-refractivity contribution in [3.05, 3.63) is 41.2 Å². The van der Waals surface area contributed by atoms with Crippen LogP contribution in [0.3, 0.4) is 0 Å². The summed E-state index contributed by atoms with van der Waals surface area (Å²) in [6, 6.07) is 5.39. The number of fused-ring (bicyclic) bond motifs is 1. The summed E-state index contributed by atoms with van der Waals surface area (Å²) in [5, 5.41) is 0. The van der Waals surface area contributed by atoms with Gasteiger partial charge in [0.15, 0.2) is 0 Å². The van der Waals surface area contributed by atoms with Gasteiger partial charge in [0.2, 0.25) is 0 Å². The molecule has 2 rings (SSSR count). The molecule has 0 radical (unpaired) electrons. The van der Waals surface area contributed by atoms with Crippen LogP contribution in [0.15, 0.2) is 30.1 Å². The van der Waals surface area contributed by atoms with E-state index in [1.807, 2.05) is 6.07 Å². The normalized spacial score (nSPS) is 15.6. The van der Waals surface area contributed by atoms with Crippen molar-refractivity contribution in [2.45, 2.75) is 13.3 Å². The number of nitrogens with zero attached hydrogens (tertiary/aromatic N) is 1. The molecule has 3 nitrogen and oxygen atoms in total. The fraction of sp³-hybridized carbons (Fsp3) is 0.357. The van der Waals surface area contributed by atoms with Gasteiger partial charge in [-0.1, -0.05) is 0 Å². The number of rotatable bonds is 3. The fourth-order valence-corrected chi connectivity index (χ4v) is 1.90. The third kappa shape index (κ3) is 2.53. The lowest BCUT2D eigenvalue weighted by atomic mass is 9.99. The van der Waals surface area contributed by atoms with E-state index in [-0.39, 0.29) is 12.5 Å². The Morgan fingerprint density at radius 1 is 1.56 bits per heavy atom. The molecule has 0 fully saturated rings. The molecule has 1 aromatic carbocycles. The molecule has 0 unspecified atom stereocenters. The Morgan fingerprint density at radius 2 is 2.33 bits per heavy atom. The molecule has 0 saturated carbocycles. The average molecular weight is 249 g/mol. The van der Waals surface area contributed by atoms with Gasteiger partial charge in [-0.05, 0) is 42.7 Å². The lowest BCUT2D eigenvalue weighted by Gasteiger charge is -2.25. The molecular formula is C14H16FNO2. The lowest BCUT2D eigenvalue weighted by Crippen LogP contribution is -2.34. The molecule has 0 bridgehead atoms. The quantitative estimate of drug-likeness (QED) is 0.824. The second-order valence-corrected chi connectivity index (χ2v) is 4.54. The summed E-state index contributed by atoms with van der Waals surface area (Å²) >= 11 is 0. The molecule has 0 aliphatic carbocycles. The van der Waals surface area contributed by atoms with Gasteiger partial charge in [-0.2, -0.15) is 0 Å². The molecule has 96 valence electrons. The Hall–Kier alpha value is -1.84. The molecular weight excluding hydrogens is 233 g/mol. The Kier molecular flexibility index (Phi) is 3.65. The zero-order valence-electron chi connectivity index (χ0n) is 10.6. The van der Waals surface area contributed by atoms with E-state index in [9.17, 15) is 9.18 Å². The minimum Gasteiger partial charge on any atom is -0.489 e. The van der Waals surface area contributed by atoms with Crippen LogP contribution in [0.1, 0.15) is 22.8 Å². The summed E-state index contributed by atoms with van der Waals surface area (Å²) in [4.78, 5) is 13.6. The van der Waals surface area contributed by atoms with E-state index in [2.05, 4.69) is 0 Å². The molecule has 0 spiro atoms. The molecule has 0 aromatic heterocycles. The van der Waals surface area contributed by atoms with Gasteiger partial charge in [0.25, 0.3) is 5.91 Å². The van der Waals surface area contributed by atoms with Crippen molar-refractivity contribution in [1.82, 2.24) is 4.90 Å². The highest BCUT2D eigenvalue weighted by molar-refractivity contribution is 5.96. The molecule has 1 amide bonds. The second kappa shape index (κ2) is 5.21. The van der Waals surface area contributed by atoms with E-state index in [1.54, 1.807) is 31.0 Å². The molecule has 4 heteroatoms. The van der Waals surface area contributed by atoms with Crippen molar-refractivity contribution in [1.29, 1.82) is 0 Å². The van der Waals surface area contributed by atoms with Crippen LogP contribution < -0.4 is 4.74 Å². The van der Waals surface area contributed by atoms with Gasteiger partial charge in [0.05, 0.1) is 6.33 Å². The third-order valence-corrected chi connectivity index (χ3v) is 3.02. The van der Waals surface area contributed by atoms with Crippen LogP contribution in [-0.4, -0.2) is 31.0 Å². The maximum Gasteiger partial charge on any atom is 0.253 e. The monoisotopic (exact) mass is 249 g/mol. The number of ether oxygens (including phenoxy) is 1. The zero-order valence-corrected chi connectivity index (χ0v) is 10.6. The molecule has 0 saturated heterocycles. The highest BCUT2D eigenvalue weighted by Gasteiger charge is 2.21. The summed E-state index contributed by atoms with van der Waals surface area (Å²) in [5.74, 6) is 0.718. The number of amides is 1. The van der Waals surface area contributed by atoms with Gasteiger partial charge in [-0.3, -0.25) is 4.79 Å². The lowest BCUT2D eigenvalue weighted by molar-refractivity contribution is 0.0781. The predicted octanol–water partition coefficient (Wildman–Crippen LogP) is 2.57. The first kappa shape index (κ1) is 12.6. The maximum atomic E-state index is 12.2. The molecule has 1 aliphatic rings. The van der Waals surface area contributed by atoms with Crippen molar-refractivity contribution >= 4 is 5.91 Å². The number of benzene rings is 1. The largest absolute Gasteiger partial charge is 0.489 e. The molecule has 0 N–H and O–H groups in total. The number of hydrogen-bond acceptors (Lipinski definition) is 2. The standard InChI is InChI=1S/C14H16FNO2/c1-10(8-15)9-18-12-3-4-13-11(7-12)5-6-16(2)14(13)17/h3-4,7-8H,5-6,9H2,1-2H3/b10-8+. The number of halogens is 1. The zero-order chi connectivity index (χ0) is 13.1. The Balaban J connectivity index is 2.15. The van der Waals surface area contributed by atoms with E-state index in [0.29, 0.717) is 17.7 Å². The number of carbonyl (C=O) groups is 1. The summed E-state index contributed by atoms with van der Waals surface area (Å²) in [6.45, 7) is 2.61. The number of likely N-dealkylation sites (N-methyl/N-ethyl adjacent to an activating group) is 1. The van der Waals surface area contributed by atoms with Crippen LogP contribution in [0.5, 0.6) is 5.75 Å². The van der Waals surface area contributed by atoms with Crippen LogP contribution in [0, 0.1) is 0 Å². The predicted molar refractivity (Wildman–Crippen MR) is 67.5 cm³/mol. The highest BCUT2D eigenvalue weighted by atomic mass is 19.1. The first-order valence-corrected chi connectivity index (χ1v) is 5.89. The second-order valence-electron chi connectivity index (χ2n) is 4.54. The fourth-order valence-electron chi connectivity index (χ4n) is 1.90. The van der Waals surface area contributed by atoms with Gasteiger partial charge in [-0.15, -0.1) is 0 Å². The van der Waals surface area contributed by atoms with Gasteiger partial charge in [-0.25, -0.2) is 4.39 Å². The molecule has 0 atom stereocenters. The SMILES string of the molecule is C/C(=C\F)COc1ccc2c(c1)CCN(C)C2=O. The molecule has 1 heterocycles. The van der Waals surface area contributed by atoms with Crippen LogP contribution in [0.2, 0.25) is 0 Å². The van der Waals surface area contributed by atoms with E-state index < -0.39 is 0 Å². The molecule has 18 heavy (non-hydrogen) atoms. The summed E-state index contributed by atoms with van der Waals surface area (Å²) in [5.41, 5.74) is 2.26.